The van der Waals surface area contributed by atoms with E-state index in [4.69, 9.17) is 0 Å². The van der Waals surface area contributed by atoms with Crippen LogP contribution >= 0.6 is 0 Å². The van der Waals surface area contributed by atoms with Crippen molar-refractivity contribution >= 4 is 21.7 Å². The van der Waals surface area contributed by atoms with Gasteiger partial charge in [0.25, 0.3) is 0 Å². The number of carbonyl (C=O) groups is 2. The summed E-state index contributed by atoms with van der Waals surface area (Å²) in [6, 6.07) is -0.670. The smallest absolute Gasteiger partial charge is 0.242 e. The first-order chi connectivity index (χ1) is 8.84. The molecular weight excluding hydrogens is 272 g/mol. The van der Waals surface area contributed by atoms with E-state index in [-0.39, 0.29) is 36.4 Å². The van der Waals surface area contributed by atoms with Crippen LogP contribution in [0.2, 0.25) is 0 Å². The molecule has 1 N–H and O–H groups in total. The van der Waals surface area contributed by atoms with E-state index in [9.17, 15) is 23.1 Å². The van der Waals surface area contributed by atoms with Crippen LogP contribution in [0, 0.1) is 0 Å². The Bertz CT molecular complexity index is 489. The van der Waals surface area contributed by atoms with Crippen molar-refractivity contribution in [2.45, 2.75) is 25.5 Å². The first kappa shape index (κ1) is 14.3. The SMILES string of the molecule is CCC(=O)N1CCN([C@H]2CS(=O)(=O)C[C@@H]2O)C(=O)C1. The number of aliphatic hydroxyl groups is 1. The number of nitrogens with zero attached hydrogens (tertiary/aromatic N) is 2. The number of carbonyl (C=O) groups excluding carboxylic acids is 2. The average molecular weight is 290 g/mol. The standard InChI is InChI=1S/C11H18N2O5S/c1-2-10(15)12-3-4-13(11(16)5-12)8-6-19(17,18)7-9(8)14/h8-9,14H,2-7H2,1H3/t8-,9-/m0/s1. The van der Waals surface area contributed by atoms with Crippen molar-refractivity contribution in [2.24, 2.45) is 0 Å². The lowest BCUT2D eigenvalue weighted by atomic mass is 10.1. The van der Waals surface area contributed by atoms with Crippen molar-refractivity contribution in [1.82, 2.24) is 9.80 Å². The van der Waals surface area contributed by atoms with Gasteiger partial charge in [-0.1, -0.05) is 6.92 Å². The number of sulfone groups is 1. The van der Waals surface area contributed by atoms with Crippen molar-refractivity contribution < 1.29 is 23.1 Å². The predicted octanol–water partition coefficient (Wildman–Crippen LogP) is -1.77. The maximum Gasteiger partial charge on any atom is 0.242 e. The second kappa shape index (κ2) is 5.09. The van der Waals surface area contributed by atoms with Gasteiger partial charge in [-0.25, -0.2) is 8.42 Å². The number of amides is 2. The third-order valence-electron chi connectivity index (χ3n) is 3.61. The van der Waals surface area contributed by atoms with Gasteiger partial charge in [0.15, 0.2) is 9.84 Å². The van der Waals surface area contributed by atoms with Gasteiger partial charge in [-0.2, -0.15) is 0 Å². The maximum atomic E-state index is 12.0. The zero-order valence-corrected chi connectivity index (χ0v) is 11.6. The van der Waals surface area contributed by atoms with Gasteiger partial charge in [-0.05, 0) is 0 Å². The van der Waals surface area contributed by atoms with E-state index in [2.05, 4.69) is 0 Å². The van der Waals surface area contributed by atoms with E-state index in [1.165, 1.54) is 9.80 Å². The lowest BCUT2D eigenvalue weighted by Gasteiger charge is -2.38. The average Bonchev–Trinajstić information content (AvgIpc) is 2.61. The van der Waals surface area contributed by atoms with Crippen molar-refractivity contribution in [3.8, 4) is 0 Å². The van der Waals surface area contributed by atoms with Gasteiger partial charge >= 0.3 is 0 Å². The molecule has 8 heteroatoms. The first-order valence-corrected chi connectivity index (χ1v) is 8.12. The fourth-order valence-electron chi connectivity index (χ4n) is 2.58. The molecule has 0 radical (unpaired) electrons. The zero-order chi connectivity index (χ0) is 14.2. The Morgan fingerprint density at radius 1 is 1.37 bits per heavy atom. The highest BCUT2D eigenvalue weighted by atomic mass is 32.2. The first-order valence-electron chi connectivity index (χ1n) is 6.30. The van der Waals surface area contributed by atoms with E-state index < -0.39 is 22.0 Å². The highest BCUT2D eigenvalue weighted by Gasteiger charge is 2.43. The summed E-state index contributed by atoms with van der Waals surface area (Å²) in [5.41, 5.74) is 0. The van der Waals surface area contributed by atoms with Gasteiger partial charge in [-0.3, -0.25) is 9.59 Å². The third-order valence-corrected chi connectivity index (χ3v) is 5.31. The van der Waals surface area contributed by atoms with Crippen LogP contribution < -0.4 is 0 Å². The molecule has 0 aromatic carbocycles. The van der Waals surface area contributed by atoms with Gasteiger partial charge in [0.1, 0.15) is 0 Å². The number of hydrogen-bond acceptors (Lipinski definition) is 5. The van der Waals surface area contributed by atoms with Gasteiger partial charge in [0.2, 0.25) is 11.8 Å². The van der Waals surface area contributed by atoms with E-state index in [1.807, 2.05) is 0 Å². The molecule has 2 saturated heterocycles. The van der Waals surface area contributed by atoms with Crippen LogP contribution in [-0.2, 0) is 19.4 Å². The lowest BCUT2D eigenvalue weighted by molar-refractivity contribution is -0.148. The van der Waals surface area contributed by atoms with E-state index >= 15 is 0 Å². The van der Waals surface area contributed by atoms with Gasteiger partial charge in [-0.15, -0.1) is 0 Å². The minimum Gasteiger partial charge on any atom is -0.390 e. The molecule has 7 nitrogen and oxygen atoms in total. The normalized spacial score (nSPS) is 30.7. The minimum atomic E-state index is -3.28. The Kier molecular flexibility index (Phi) is 3.82. The lowest BCUT2D eigenvalue weighted by Crippen LogP contribution is -2.57. The Morgan fingerprint density at radius 3 is 2.53 bits per heavy atom. The zero-order valence-electron chi connectivity index (χ0n) is 10.8. The third kappa shape index (κ3) is 2.89. The molecule has 108 valence electrons. The van der Waals surface area contributed by atoms with Gasteiger partial charge in [0.05, 0.1) is 30.2 Å². The summed E-state index contributed by atoms with van der Waals surface area (Å²) in [7, 11) is -3.28. The second-order valence-electron chi connectivity index (χ2n) is 4.97. The fourth-order valence-corrected chi connectivity index (χ4v) is 4.38. The van der Waals surface area contributed by atoms with Crippen LogP contribution in [0.15, 0.2) is 0 Å². The molecule has 0 aromatic heterocycles. The van der Waals surface area contributed by atoms with Crippen molar-refractivity contribution in [3.63, 3.8) is 0 Å². The summed E-state index contributed by atoms with van der Waals surface area (Å²) in [5, 5.41) is 9.76. The van der Waals surface area contributed by atoms with E-state index in [0.29, 0.717) is 13.0 Å². The number of aliphatic hydroxyl groups excluding tert-OH is 1. The molecule has 0 unspecified atom stereocenters. The maximum absolute atomic E-state index is 12.0. The minimum absolute atomic E-state index is 0.0318. The number of hydrogen-bond donors (Lipinski definition) is 1. The Morgan fingerprint density at radius 2 is 2.05 bits per heavy atom. The summed E-state index contributed by atoms with van der Waals surface area (Å²) in [5.74, 6) is -0.873. The van der Waals surface area contributed by atoms with Crippen LogP contribution in [-0.4, -0.2) is 78.4 Å². The molecule has 2 rings (SSSR count). The summed E-state index contributed by atoms with van der Waals surface area (Å²) in [6.45, 7) is 2.37. The van der Waals surface area contributed by atoms with Crippen LogP contribution in [0.4, 0.5) is 0 Å². The Labute approximate surface area is 112 Å². The Balaban J connectivity index is 2.05. The van der Waals surface area contributed by atoms with Crippen molar-refractivity contribution in [2.75, 3.05) is 31.1 Å². The largest absolute Gasteiger partial charge is 0.390 e. The summed E-state index contributed by atoms with van der Waals surface area (Å²) in [4.78, 5) is 26.4. The molecule has 2 atom stereocenters. The molecule has 2 fully saturated rings. The molecule has 0 aliphatic carbocycles. The summed E-state index contributed by atoms with van der Waals surface area (Å²) >= 11 is 0. The molecule has 0 spiro atoms. The molecule has 2 aliphatic rings. The second-order valence-corrected chi connectivity index (χ2v) is 7.12. The summed E-state index contributed by atoms with van der Waals surface area (Å²) in [6.07, 6.45) is -0.685. The Hall–Kier alpha value is -1.15. The quantitative estimate of drug-likeness (QED) is 0.649. The van der Waals surface area contributed by atoms with E-state index in [1.54, 1.807) is 6.92 Å². The van der Waals surface area contributed by atoms with Crippen LogP contribution in [0.1, 0.15) is 13.3 Å². The highest BCUT2D eigenvalue weighted by molar-refractivity contribution is 7.91. The topological polar surface area (TPSA) is 95.0 Å². The highest BCUT2D eigenvalue weighted by Crippen LogP contribution is 2.20. The summed E-state index contributed by atoms with van der Waals surface area (Å²) < 4.78 is 22.9. The van der Waals surface area contributed by atoms with Crippen LogP contribution in [0.3, 0.4) is 0 Å². The molecule has 19 heavy (non-hydrogen) atoms. The molecule has 2 aliphatic heterocycles. The molecule has 2 heterocycles. The molecule has 0 saturated carbocycles. The fraction of sp³-hybridized carbons (Fsp3) is 0.818. The van der Waals surface area contributed by atoms with Crippen LogP contribution in [0.25, 0.3) is 0 Å². The number of piperazine rings is 1. The van der Waals surface area contributed by atoms with Crippen molar-refractivity contribution in [1.29, 1.82) is 0 Å². The molecule has 2 amide bonds. The van der Waals surface area contributed by atoms with Gasteiger partial charge < -0.3 is 14.9 Å². The predicted molar refractivity (Wildman–Crippen MR) is 67.0 cm³/mol. The monoisotopic (exact) mass is 290 g/mol. The van der Waals surface area contributed by atoms with Gasteiger partial charge in [0, 0.05) is 19.5 Å². The molecular formula is C11H18N2O5S. The number of rotatable bonds is 2. The molecule has 0 aromatic rings. The van der Waals surface area contributed by atoms with Crippen LogP contribution in [0.5, 0.6) is 0 Å². The van der Waals surface area contributed by atoms with E-state index in [0.717, 1.165) is 0 Å². The molecule has 0 bridgehead atoms. The van der Waals surface area contributed by atoms with Crippen molar-refractivity contribution in [3.05, 3.63) is 0 Å².